The summed E-state index contributed by atoms with van der Waals surface area (Å²) in [5.41, 5.74) is 0.925. The van der Waals surface area contributed by atoms with Crippen LogP contribution in [-0.4, -0.2) is 81.0 Å². The second-order valence-electron chi connectivity index (χ2n) is 6.61. The molecule has 0 bridgehead atoms. The van der Waals surface area contributed by atoms with Gasteiger partial charge in [0.05, 0.1) is 10.5 Å². The van der Waals surface area contributed by atoms with Gasteiger partial charge in [-0.1, -0.05) is 0 Å². The molecule has 2 rings (SSSR count). The van der Waals surface area contributed by atoms with Gasteiger partial charge in [-0.2, -0.15) is 0 Å². The molecule has 0 aromatic heterocycles. The molecule has 1 aliphatic heterocycles. The lowest BCUT2D eigenvalue weighted by atomic mass is 10.1. The van der Waals surface area contributed by atoms with E-state index in [1.165, 1.54) is 12.1 Å². The van der Waals surface area contributed by atoms with Crippen LogP contribution in [0.4, 0.5) is 11.4 Å². The number of hydrogen-bond donors (Lipinski definition) is 1. The number of nitrogens with zero attached hydrogens (tertiary/aromatic N) is 4. The second kappa shape index (κ2) is 8.77. The number of anilines is 1. The van der Waals surface area contributed by atoms with Crippen LogP contribution < -0.4 is 10.2 Å². The van der Waals surface area contributed by atoms with Gasteiger partial charge >= 0.3 is 0 Å². The zero-order valence-corrected chi connectivity index (χ0v) is 15.2. The molecular weight excluding hydrogens is 322 g/mol. The lowest BCUT2D eigenvalue weighted by Crippen LogP contribution is -2.45. The van der Waals surface area contributed by atoms with Gasteiger partial charge in [0.15, 0.2) is 0 Å². The molecule has 8 nitrogen and oxygen atoms in total. The second-order valence-corrected chi connectivity index (χ2v) is 6.61. The molecule has 138 valence electrons. The zero-order chi connectivity index (χ0) is 18.4. The average molecular weight is 349 g/mol. The molecule has 1 amide bonds. The molecule has 1 fully saturated rings. The Morgan fingerprint density at radius 2 is 1.96 bits per heavy atom. The molecule has 0 saturated carbocycles. The molecule has 1 aliphatic rings. The number of nitrogens with one attached hydrogen (secondary N) is 1. The highest BCUT2D eigenvalue weighted by atomic mass is 16.6. The number of piperazine rings is 1. The number of nitro benzene ring substituents is 1. The quantitative estimate of drug-likeness (QED) is 0.450. The van der Waals surface area contributed by atoms with Crippen molar-refractivity contribution in [1.29, 1.82) is 0 Å². The molecule has 0 aliphatic carbocycles. The van der Waals surface area contributed by atoms with Gasteiger partial charge in [0, 0.05) is 64.6 Å². The maximum atomic E-state index is 12.5. The summed E-state index contributed by atoms with van der Waals surface area (Å²) in [6, 6.07) is 4.36. The van der Waals surface area contributed by atoms with Crippen molar-refractivity contribution in [3.63, 3.8) is 0 Å². The van der Waals surface area contributed by atoms with E-state index in [-0.39, 0.29) is 11.6 Å². The van der Waals surface area contributed by atoms with E-state index >= 15 is 0 Å². The smallest absolute Gasteiger partial charge is 0.270 e. The lowest BCUT2D eigenvalue weighted by Gasteiger charge is -2.32. The van der Waals surface area contributed by atoms with Crippen LogP contribution in [0.5, 0.6) is 0 Å². The van der Waals surface area contributed by atoms with Crippen LogP contribution >= 0.6 is 0 Å². The van der Waals surface area contributed by atoms with Crippen molar-refractivity contribution in [2.75, 3.05) is 65.3 Å². The van der Waals surface area contributed by atoms with E-state index < -0.39 is 4.92 Å². The van der Waals surface area contributed by atoms with Crippen molar-refractivity contribution in [3.8, 4) is 0 Å². The molecule has 1 aromatic rings. The molecule has 1 saturated heterocycles. The molecule has 0 spiro atoms. The maximum Gasteiger partial charge on any atom is 0.270 e. The van der Waals surface area contributed by atoms with E-state index in [2.05, 4.69) is 22.2 Å². The summed E-state index contributed by atoms with van der Waals surface area (Å²) in [7, 11) is 5.75. The SMILES string of the molecule is CN1CCN(CCCNC(=O)c2cc([N+](=O)[O-])ccc2N(C)C)CC1. The number of nitro groups is 1. The third-order valence-corrected chi connectivity index (χ3v) is 4.45. The van der Waals surface area contributed by atoms with Gasteiger partial charge in [-0.15, -0.1) is 0 Å². The maximum absolute atomic E-state index is 12.5. The molecule has 8 heteroatoms. The number of likely N-dealkylation sites (N-methyl/N-ethyl adjacent to an activating group) is 1. The number of amides is 1. The van der Waals surface area contributed by atoms with E-state index in [1.54, 1.807) is 11.0 Å². The minimum atomic E-state index is -0.483. The van der Waals surface area contributed by atoms with Crippen LogP contribution in [0, 0.1) is 10.1 Å². The third kappa shape index (κ3) is 5.40. The molecule has 0 atom stereocenters. The van der Waals surface area contributed by atoms with Crippen molar-refractivity contribution >= 4 is 17.3 Å². The van der Waals surface area contributed by atoms with Gasteiger partial charge < -0.3 is 20.0 Å². The molecule has 0 radical (unpaired) electrons. The number of carbonyl (C=O) groups excluding carboxylic acids is 1. The Labute approximate surface area is 148 Å². The van der Waals surface area contributed by atoms with Gasteiger partial charge in [0.2, 0.25) is 0 Å². The summed E-state index contributed by atoms with van der Waals surface area (Å²) in [6.45, 7) is 5.77. The monoisotopic (exact) mass is 349 g/mol. The van der Waals surface area contributed by atoms with E-state index in [9.17, 15) is 14.9 Å². The van der Waals surface area contributed by atoms with E-state index in [4.69, 9.17) is 0 Å². The fourth-order valence-corrected chi connectivity index (χ4v) is 2.88. The Bertz CT molecular complexity index is 612. The minimum absolute atomic E-state index is 0.0758. The van der Waals surface area contributed by atoms with Gasteiger partial charge in [0.1, 0.15) is 0 Å². The van der Waals surface area contributed by atoms with Crippen LogP contribution in [-0.2, 0) is 0 Å². The van der Waals surface area contributed by atoms with Crippen LogP contribution in [0.25, 0.3) is 0 Å². The highest BCUT2D eigenvalue weighted by Crippen LogP contribution is 2.24. The molecule has 1 aromatic carbocycles. The summed E-state index contributed by atoms with van der Waals surface area (Å²) in [5.74, 6) is -0.272. The van der Waals surface area contributed by atoms with Gasteiger partial charge in [-0.05, 0) is 26.1 Å². The fraction of sp³-hybridized carbons (Fsp3) is 0.588. The first kappa shape index (κ1) is 19.1. The molecule has 1 N–H and O–H groups in total. The van der Waals surface area contributed by atoms with Crippen molar-refractivity contribution < 1.29 is 9.72 Å². The Kier molecular flexibility index (Phi) is 6.72. The number of rotatable bonds is 7. The molecule has 25 heavy (non-hydrogen) atoms. The van der Waals surface area contributed by atoms with Gasteiger partial charge in [0.25, 0.3) is 11.6 Å². The Balaban J connectivity index is 1.89. The standard InChI is InChI=1S/C17H27N5O3/c1-19(2)16-6-5-14(22(24)25)13-15(16)17(23)18-7-4-8-21-11-9-20(3)10-12-21/h5-6,13H,4,7-12H2,1-3H3,(H,18,23). The predicted molar refractivity (Wildman–Crippen MR) is 98.3 cm³/mol. The Morgan fingerprint density at radius 3 is 2.56 bits per heavy atom. The highest BCUT2D eigenvalue weighted by Gasteiger charge is 2.18. The van der Waals surface area contributed by atoms with Crippen molar-refractivity contribution in [3.05, 3.63) is 33.9 Å². The summed E-state index contributed by atoms with van der Waals surface area (Å²) >= 11 is 0. The van der Waals surface area contributed by atoms with Crippen LogP contribution in [0.15, 0.2) is 18.2 Å². The number of benzene rings is 1. The summed E-state index contributed by atoms with van der Waals surface area (Å²) in [5, 5.41) is 13.9. The molecule has 0 unspecified atom stereocenters. The Hall–Kier alpha value is -2.19. The predicted octanol–water partition coefficient (Wildman–Crippen LogP) is 1.03. The van der Waals surface area contributed by atoms with Crippen LogP contribution in [0.3, 0.4) is 0 Å². The highest BCUT2D eigenvalue weighted by molar-refractivity contribution is 6.00. The zero-order valence-electron chi connectivity index (χ0n) is 15.2. The fourth-order valence-electron chi connectivity index (χ4n) is 2.88. The summed E-state index contributed by atoms with van der Waals surface area (Å²) < 4.78 is 0. The normalized spacial score (nSPS) is 15.8. The van der Waals surface area contributed by atoms with Crippen molar-refractivity contribution in [2.24, 2.45) is 0 Å². The summed E-state index contributed by atoms with van der Waals surface area (Å²) in [4.78, 5) is 29.4. The van der Waals surface area contributed by atoms with Crippen LogP contribution in [0.2, 0.25) is 0 Å². The van der Waals surface area contributed by atoms with Crippen LogP contribution in [0.1, 0.15) is 16.8 Å². The first-order valence-corrected chi connectivity index (χ1v) is 8.53. The van der Waals surface area contributed by atoms with Crippen molar-refractivity contribution in [2.45, 2.75) is 6.42 Å². The minimum Gasteiger partial charge on any atom is -0.377 e. The largest absolute Gasteiger partial charge is 0.377 e. The van der Waals surface area contributed by atoms with E-state index in [0.29, 0.717) is 17.8 Å². The van der Waals surface area contributed by atoms with E-state index in [0.717, 1.165) is 39.1 Å². The Morgan fingerprint density at radius 1 is 1.28 bits per heavy atom. The molecule has 1 heterocycles. The topological polar surface area (TPSA) is 82.0 Å². The first-order valence-electron chi connectivity index (χ1n) is 8.53. The number of carbonyl (C=O) groups is 1. The number of hydrogen-bond acceptors (Lipinski definition) is 6. The summed E-state index contributed by atoms with van der Waals surface area (Å²) in [6.07, 6.45) is 0.863. The van der Waals surface area contributed by atoms with E-state index in [1.807, 2.05) is 14.1 Å². The first-order chi connectivity index (χ1) is 11.9. The molecular formula is C17H27N5O3. The van der Waals surface area contributed by atoms with Gasteiger partial charge in [-0.25, -0.2) is 0 Å². The van der Waals surface area contributed by atoms with Crippen molar-refractivity contribution in [1.82, 2.24) is 15.1 Å². The lowest BCUT2D eigenvalue weighted by molar-refractivity contribution is -0.384. The van der Waals surface area contributed by atoms with Gasteiger partial charge in [-0.3, -0.25) is 14.9 Å². The third-order valence-electron chi connectivity index (χ3n) is 4.45. The average Bonchev–Trinajstić information content (AvgIpc) is 2.59. The number of non-ortho nitro benzene ring substituents is 1.